The molecule has 2 aromatic rings. The van der Waals surface area contributed by atoms with Crippen LogP contribution in [0, 0.1) is 5.82 Å². The lowest BCUT2D eigenvalue weighted by Crippen LogP contribution is -2.31. The van der Waals surface area contributed by atoms with Crippen LogP contribution in [0.5, 0.6) is 0 Å². The molecule has 1 aliphatic carbocycles. The summed E-state index contributed by atoms with van der Waals surface area (Å²) in [5, 5.41) is 0.00335. The van der Waals surface area contributed by atoms with E-state index < -0.39 is 23.0 Å². The fourth-order valence-electron chi connectivity index (χ4n) is 2.90. The molecule has 0 saturated heterocycles. The summed E-state index contributed by atoms with van der Waals surface area (Å²) in [5.74, 6) is -0.295. The number of allylic oxidation sites excluding steroid dienone is 4. The van der Waals surface area contributed by atoms with Crippen molar-refractivity contribution in [2.24, 2.45) is 0 Å². The molecule has 1 aromatic carbocycles. The summed E-state index contributed by atoms with van der Waals surface area (Å²) in [7, 11) is 0. The van der Waals surface area contributed by atoms with Crippen LogP contribution in [0.25, 0.3) is 0 Å². The van der Waals surface area contributed by atoms with Crippen LogP contribution in [0.4, 0.5) is 17.6 Å². The van der Waals surface area contributed by atoms with Gasteiger partial charge in [-0.15, -0.1) is 0 Å². The number of imidazole rings is 1. The first-order chi connectivity index (χ1) is 11.6. The Balaban J connectivity index is 2.26. The lowest BCUT2D eigenvalue weighted by Gasteiger charge is -2.34. The highest BCUT2D eigenvalue weighted by molar-refractivity contribution is 9.12. The standard InChI is InChI=1S/C16H9BrCl2F4N2/c17-10-7-15(14-24-3-4-25-14,2-1-9(10)16(21,22)23)13-11(18)5-8(20)6-12(13)19/h1,3-7H,2H2,(H,24,25). The van der Waals surface area contributed by atoms with Crippen molar-refractivity contribution in [3.8, 4) is 0 Å². The van der Waals surface area contributed by atoms with Gasteiger partial charge in [-0.1, -0.05) is 51.3 Å². The zero-order valence-electron chi connectivity index (χ0n) is 12.3. The average molecular weight is 456 g/mol. The van der Waals surface area contributed by atoms with Gasteiger partial charge in [0.25, 0.3) is 0 Å². The normalized spacial score (nSPS) is 21.1. The van der Waals surface area contributed by atoms with Crippen LogP contribution >= 0.6 is 39.1 Å². The van der Waals surface area contributed by atoms with Gasteiger partial charge in [0.15, 0.2) is 0 Å². The van der Waals surface area contributed by atoms with Gasteiger partial charge in [0.1, 0.15) is 11.6 Å². The highest BCUT2D eigenvalue weighted by Crippen LogP contribution is 2.50. The van der Waals surface area contributed by atoms with E-state index in [0.29, 0.717) is 5.82 Å². The van der Waals surface area contributed by atoms with E-state index in [1.165, 1.54) is 18.5 Å². The Morgan fingerprint density at radius 3 is 2.32 bits per heavy atom. The van der Waals surface area contributed by atoms with E-state index in [2.05, 4.69) is 25.9 Å². The lowest BCUT2D eigenvalue weighted by molar-refractivity contribution is -0.0890. The number of benzene rings is 1. The molecule has 132 valence electrons. The largest absolute Gasteiger partial charge is 0.417 e. The van der Waals surface area contributed by atoms with Gasteiger partial charge in [-0.25, -0.2) is 9.37 Å². The van der Waals surface area contributed by atoms with Crippen LogP contribution in [-0.4, -0.2) is 16.1 Å². The Labute approximate surface area is 158 Å². The van der Waals surface area contributed by atoms with Crippen molar-refractivity contribution in [2.45, 2.75) is 18.0 Å². The Bertz CT molecular complexity index is 852. The SMILES string of the molecule is Fc1cc(Cl)c(C2(c3ncc[nH]3)C=C(Br)C(C(F)(F)F)=CC2)c(Cl)c1. The van der Waals surface area contributed by atoms with Gasteiger partial charge >= 0.3 is 6.18 Å². The quantitative estimate of drug-likeness (QED) is 0.528. The first kappa shape index (κ1) is 18.5. The maximum absolute atomic E-state index is 13.6. The van der Waals surface area contributed by atoms with E-state index in [1.807, 2.05) is 0 Å². The molecule has 0 spiro atoms. The summed E-state index contributed by atoms with van der Waals surface area (Å²) in [5.41, 5.74) is -1.72. The predicted molar refractivity (Wildman–Crippen MR) is 91.6 cm³/mol. The predicted octanol–water partition coefficient (Wildman–Crippen LogP) is 6.31. The highest BCUT2D eigenvalue weighted by atomic mass is 79.9. The summed E-state index contributed by atoms with van der Waals surface area (Å²) >= 11 is 15.4. The summed E-state index contributed by atoms with van der Waals surface area (Å²) in [6.45, 7) is 0. The topological polar surface area (TPSA) is 28.7 Å². The molecule has 0 aliphatic heterocycles. The molecule has 0 amide bonds. The highest BCUT2D eigenvalue weighted by Gasteiger charge is 2.45. The van der Waals surface area contributed by atoms with Gasteiger partial charge in [0.05, 0.1) is 11.0 Å². The van der Waals surface area contributed by atoms with Crippen molar-refractivity contribution < 1.29 is 17.6 Å². The van der Waals surface area contributed by atoms with Crippen LogP contribution in [0.15, 0.2) is 46.7 Å². The van der Waals surface area contributed by atoms with Crippen LogP contribution in [0.1, 0.15) is 17.8 Å². The third-order valence-electron chi connectivity index (χ3n) is 3.94. The number of aromatic amines is 1. The molecule has 1 atom stereocenters. The molecule has 9 heteroatoms. The molecule has 3 rings (SSSR count). The van der Waals surface area contributed by atoms with E-state index in [9.17, 15) is 17.6 Å². The maximum Gasteiger partial charge on any atom is 0.417 e. The first-order valence-electron chi connectivity index (χ1n) is 6.96. The van der Waals surface area contributed by atoms with Gasteiger partial charge < -0.3 is 4.98 Å². The third kappa shape index (κ3) is 3.25. The number of alkyl halides is 3. The number of H-pyrrole nitrogens is 1. The van der Waals surface area contributed by atoms with E-state index >= 15 is 0 Å². The van der Waals surface area contributed by atoms with Crippen molar-refractivity contribution in [2.75, 3.05) is 0 Å². The number of hydrogen-bond donors (Lipinski definition) is 1. The van der Waals surface area contributed by atoms with Crippen LogP contribution in [-0.2, 0) is 5.41 Å². The number of nitrogens with zero attached hydrogens (tertiary/aromatic N) is 1. The van der Waals surface area contributed by atoms with E-state index in [0.717, 1.165) is 18.2 Å². The summed E-state index contributed by atoms with van der Waals surface area (Å²) in [6.07, 6.45) is 0.777. The van der Waals surface area contributed by atoms with Gasteiger partial charge in [0.2, 0.25) is 0 Å². The summed E-state index contributed by atoms with van der Waals surface area (Å²) < 4.78 is 52.8. The van der Waals surface area contributed by atoms with Gasteiger partial charge in [0, 0.05) is 32.5 Å². The second kappa shape index (κ2) is 6.45. The Morgan fingerprint density at radius 2 is 1.84 bits per heavy atom. The summed E-state index contributed by atoms with van der Waals surface area (Å²) in [4.78, 5) is 7.06. The minimum Gasteiger partial charge on any atom is -0.348 e. The minimum absolute atomic E-state index is 0.00167. The third-order valence-corrected chi connectivity index (χ3v) is 5.19. The molecule has 1 aromatic heterocycles. The Kier molecular flexibility index (Phi) is 4.77. The molecule has 1 N–H and O–H groups in total. The molecule has 0 fully saturated rings. The molecule has 0 radical (unpaired) electrons. The molecule has 0 saturated carbocycles. The zero-order valence-corrected chi connectivity index (χ0v) is 15.4. The van der Waals surface area contributed by atoms with E-state index in [4.69, 9.17) is 23.2 Å². The molecule has 1 unspecified atom stereocenters. The molecule has 1 aliphatic rings. The van der Waals surface area contributed by atoms with Gasteiger partial charge in [-0.2, -0.15) is 13.2 Å². The molecular formula is C16H9BrCl2F4N2. The van der Waals surface area contributed by atoms with Crippen molar-refractivity contribution in [1.82, 2.24) is 9.97 Å². The molecule has 0 bridgehead atoms. The Hall–Kier alpha value is -1.31. The molecule has 25 heavy (non-hydrogen) atoms. The smallest absolute Gasteiger partial charge is 0.348 e. The van der Waals surface area contributed by atoms with Crippen LogP contribution < -0.4 is 0 Å². The molecule has 1 heterocycles. The van der Waals surface area contributed by atoms with Crippen LogP contribution in [0.2, 0.25) is 10.0 Å². The number of hydrogen-bond acceptors (Lipinski definition) is 1. The minimum atomic E-state index is -4.51. The van der Waals surface area contributed by atoms with Crippen LogP contribution in [0.3, 0.4) is 0 Å². The fourth-order valence-corrected chi connectivity index (χ4v) is 4.48. The second-order valence-electron chi connectivity index (χ2n) is 5.47. The lowest BCUT2D eigenvalue weighted by atomic mass is 9.73. The molecular weight excluding hydrogens is 447 g/mol. The van der Waals surface area contributed by atoms with E-state index in [1.54, 1.807) is 0 Å². The molecule has 2 nitrogen and oxygen atoms in total. The van der Waals surface area contributed by atoms with Crippen molar-refractivity contribution in [3.63, 3.8) is 0 Å². The maximum atomic E-state index is 13.6. The first-order valence-corrected chi connectivity index (χ1v) is 8.51. The monoisotopic (exact) mass is 454 g/mol. The number of nitrogens with one attached hydrogen (secondary N) is 1. The Morgan fingerprint density at radius 1 is 1.20 bits per heavy atom. The number of aromatic nitrogens is 2. The summed E-state index contributed by atoms with van der Waals surface area (Å²) in [6, 6.07) is 2.14. The van der Waals surface area contributed by atoms with E-state index in [-0.39, 0.29) is 26.5 Å². The number of rotatable bonds is 2. The number of halogens is 7. The van der Waals surface area contributed by atoms with Crippen molar-refractivity contribution >= 4 is 39.1 Å². The fraction of sp³-hybridized carbons (Fsp3) is 0.188. The van der Waals surface area contributed by atoms with Crippen molar-refractivity contribution in [3.05, 3.63) is 74.0 Å². The van der Waals surface area contributed by atoms with Gasteiger partial charge in [-0.05, 0) is 18.6 Å². The zero-order chi connectivity index (χ0) is 18.4. The average Bonchev–Trinajstić information content (AvgIpc) is 2.99. The second-order valence-corrected chi connectivity index (χ2v) is 7.13. The van der Waals surface area contributed by atoms with Gasteiger partial charge in [-0.3, -0.25) is 0 Å². The van der Waals surface area contributed by atoms with Crippen molar-refractivity contribution in [1.29, 1.82) is 0 Å².